The number of rotatable bonds is 7. The van der Waals surface area contributed by atoms with Crippen LogP contribution in [0.2, 0.25) is 0 Å². The summed E-state index contributed by atoms with van der Waals surface area (Å²) < 4.78 is 10.7. The maximum Gasteiger partial charge on any atom is 0.185 e. The minimum absolute atomic E-state index is 0.753. The Bertz CT molecular complexity index is 157. The Morgan fingerprint density at radius 3 is 3.00 bits per heavy atom. The summed E-state index contributed by atoms with van der Waals surface area (Å²) in [5.41, 5.74) is 0. The van der Waals surface area contributed by atoms with Gasteiger partial charge in [-0.05, 0) is 6.42 Å². The summed E-state index contributed by atoms with van der Waals surface area (Å²) in [4.78, 5) is 4.18. The van der Waals surface area contributed by atoms with Gasteiger partial charge in [-0.1, -0.05) is 19.8 Å². The fourth-order valence-corrected chi connectivity index (χ4v) is 1.25. The fourth-order valence-electron chi connectivity index (χ4n) is 1.25. The molecule has 0 aromatic carbocycles. The lowest BCUT2D eigenvalue weighted by molar-refractivity contribution is 0.133. The Labute approximate surface area is 80.1 Å². The van der Waals surface area contributed by atoms with Gasteiger partial charge in [0, 0.05) is 13.0 Å². The highest BCUT2D eigenvalue weighted by Gasteiger charge is 2.05. The van der Waals surface area contributed by atoms with Crippen LogP contribution in [-0.2, 0) is 9.47 Å². The van der Waals surface area contributed by atoms with Crippen molar-refractivity contribution in [1.82, 2.24) is 0 Å². The minimum Gasteiger partial charge on any atom is -0.479 e. The lowest BCUT2D eigenvalue weighted by atomic mass is 10.3. The van der Waals surface area contributed by atoms with Crippen molar-refractivity contribution in [2.24, 2.45) is 4.99 Å². The van der Waals surface area contributed by atoms with Crippen molar-refractivity contribution in [3.8, 4) is 0 Å². The van der Waals surface area contributed by atoms with E-state index < -0.39 is 0 Å². The van der Waals surface area contributed by atoms with E-state index in [4.69, 9.17) is 9.47 Å². The van der Waals surface area contributed by atoms with Gasteiger partial charge in [0.15, 0.2) is 5.90 Å². The summed E-state index contributed by atoms with van der Waals surface area (Å²) in [7, 11) is 0. The zero-order valence-corrected chi connectivity index (χ0v) is 8.42. The normalized spacial score (nSPS) is 15.6. The number of unbranched alkanes of at least 4 members (excludes halogenated alkanes) is 2. The molecule has 13 heavy (non-hydrogen) atoms. The average Bonchev–Trinajstić information content (AvgIpc) is 2.63. The lowest BCUT2D eigenvalue weighted by Gasteiger charge is -2.03. The van der Waals surface area contributed by atoms with Crippen LogP contribution in [0.5, 0.6) is 0 Å². The van der Waals surface area contributed by atoms with Gasteiger partial charge in [0.25, 0.3) is 0 Å². The average molecular weight is 185 g/mol. The summed E-state index contributed by atoms with van der Waals surface area (Å²) in [6.45, 7) is 5.40. The van der Waals surface area contributed by atoms with Gasteiger partial charge in [0.05, 0.1) is 13.2 Å². The molecule has 1 rings (SSSR count). The van der Waals surface area contributed by atoms with E-state index in [2.05, 4.69) is 11.9 Å². The molecule has 0 aromatic heterocycles. The first-order valence-electron chi connectivity index (χ1n) is 5.17. The zero-order chi connectivity index (χ0) is 9.36. The van der Waals surface area contributed by atoms with Crippen LogP contribution < -0.4 is 0 Å². The van der Waals surface area contributed by atoms with E-state index in [1.54, 1.807) is 0 Å². The van der Waals surface area contributed by atoms with Crippen molar-refractivity contribution in [2.75, 3.05) is 26.4 Å². The molecule has 1 heterocycles. The van der Waals surface area contributed by atoms with Crippen LogP contribution in [0.4, 0.5) is 0 Å². The van der Waals surface area contributed by atoms with Crippen LogP contribution in [0.25, 0.3) is 0 Å². The molecule has 0 N–H and O–H groups in total. The van der Waals surface area contributed by atoms with Crippen LogP contribution >= 0.6 is 0 Å². The molecule has 0 spiro atoms. The fraction of sp³-hybridized carbons (Fsp3) is 0.900. The Morgan fingerprint density at radius 2 is 2.31 bits per heavy atom. The van der Waals surface area contributed by atoms with Gasteiger partial charge in [-0.2, -0.15) is 0 Å². The molecule has 1 aliphatic heterocycles. The molecule has 0 saturated heterocycles. The highest BCUT2D eigenvalue weighted by Crippen LogP contribution is 2.00. The Morgan fingerprint density at radius 1 is 1.38 bits per heavy atom. The van der Waals surface area contributed by atoms with Crippen LogP contribution in [0, 0.1) is 0 Å². The highest BCUT2D eigenvalue weighted by molar-refractivity contribution is 5.77. The molecule has 0 atom stereocenters. The molecule has 3 heteroatoms. The lowest BCUT2D eigenvalue weighted by Crippen LogP contribution is -2.05. The first-order chi connectivity index (χ1) is 6.43. The number of hydrogen-bond donors (Lipinski definition) is 0. The van der Waals surface area contributed by atoms with Gasteiger partial charge >= 0.3 is 0 Å². The Hall–Kier alpha value is -0.570. The number of aliphatic imine (C=N–C) groups is 1. The first-order valence-corrected chi connectivity index (χ1v) is 5.17. The minimum atomic E-state index is 0.753. The van der Waals surface area contributed by atoms with Gasteiger partial charge in [-0.15, -0.1) is 0 Å². The van der Waals surface area contributed by atoms with Gasteiger partial charge in [-0.25, -0.2) is 0 Å². The van der Waals surface area contributed by atoms with Crippen molar-refractivity contribution in [3.05, 3.63) is 0 Å². The smallest absolute Gasteiger partial charge is 0.185 e. The molecule has 0 aliphatic carbocycles. The third kappa shape index (κ3) is 4.88. The van der Waals surface area contributed by atoms with Crippen molar-refractivity contribution < 1.29 is 9.47 Å². The van der Waals surface area contributed by atoms with E-state index in [1.165, 1.54) is 19.3 Å². The maximum absolute atomic E-state index is 5.44. The molecular formula is C10H19NO2. The molecule has 3 nitrogen and oxygen atoms in total. The summed E-state index contributed by atoms with van der Waals surface area (Å²) in [5.74, 6) is 0.871. The van der Waals surface area contributed by atoms with E-state index in [1.807, 2.05) is 0 Å². The molecule has 0 radical (unpaired) electrons. The van der Waals surface area contributed by atoms with Crippen LogP contribution in [0.15, 0.2) is 4.99 Å². The Kier molecular flexibility index (Phi) is 5.57. The van der Waals surface area contributed by atoms with Gasteiger partial charge in [0.1, 0.15) is 6.61 Å². The standard InChI is InChI=1S/C10H19NO2/c1-2-3-4-7-12-8-5-10-11-6-9-13-10/h2-9H2,1H3. The molecule has 0 unspecified atom stereocenters. The topological polar surface area (TPSA) is 30.8 Å². The molecule has 0 aromatic rings. The number of ether oxygens (including phenoxy) is 2. The van der Waals surface area contributed by atoms with E-state index in [9.17, 15) is 0 Å². The highest BCUT2D eigenvalue weighted by atomic mass is 16.5. The molecule has 0 bridgehead atoms. The quantitative estimate of drug-likeness (QED) is 0.568. The predicted octanol–water partition coefficient (Wildman–Crippen LogP) is 2.01. The summed E-state index contributed by atoms with van der Waals surface area (Å²) in [5, 5.41) is 0. The third-order valence-corrected chi connectivity index (χ3v) is 2.00. The first kappa shape index (κ1) is 10.5. The second-order valence-electron chi connectivity index (χ2n) is 3.19. The zero-order valence-electron chi connectivity index (χ0n) is 8.42. The summed E-state index contributed by atoms with van der Waals surface area (Å²) in [6.07, 6.45) is 4.52. The molecule has 76 valence electrons. The third-order valence-electron chi connectivity index (χ3n) is 2.00. The van der Waals surface area contributed by atoms with Crippen molar-refractivity contribution in [1.29, 1.82) is 0 Å². The summed E-state index contributed by atoms with van der Waals surface area (Å²) in [6, 6.07) is 0. The number of nitrogens with zero attached hydrogens (tertiary/aromatic N) is 1. The van der Waals surface area contributed by atoms with Crippen LogP contribution in [-0.4, -0.2) is 32.3 Å². The Balaban J connectivity index is 1.83. The maximum atomic E-state index is 5.44. The SMILES string of the molecule is CCCCCOCCC1=NCCO1. The molecule has 0 amide bonds. The largest absolute Gasteiger partial charge is 0.479 e. The second kappa shape index (κ2) is 6.89. The van der Waals surface area contributed by atoms with Crippen LogP contribution in [0.3, 0.4) is 0 Å². The van der Waals surface area contributed by atoms with Crippen molar-refractivity contribution in [3.63, 3.8) is 0 Å². The monoisotopic (exact) mass is 185 g/mol. The van der Waals surface area contributed by atoms with E-state index in [0.717, 1.165) is 38.7 Å². The molecule has 0 saturated carbocycles. The van der Waals surface area contributed by atoms with Gasteiger partial charge < -0.3 is 9.47 Å². The molecule has 0 fully saturated rings. The molecular weight excluding hydrogens is 166 g/mol. The van der Waals surface area contributed by atoms with Crippen LogP contribution in [0.1, 0.15) is 32.6 Å². The van der Waals surface area contributed by atoms with E-state index in [0.29, 0.717) is 0 Å². The van der Waals surface area contributed by atoms with Gasteiger partial charge in [-0.3, -0.25) is 4.99 Å². The van der Waals surface area contributed by atoms with Crippen molar-refractivity contribution in [2.45, 2.75) is 32.6 Å². The van der Waals surface area contributed by atoms with E-state index in [-0.39, 0.29) is 0 Å². The van der Waals surface area contributed by atoms with Crippen molar-refractivity contribution >= 4 is 5.90 Å². The van der Waals surface area contributed by atoms with E-state index >= 15 is 0 Å². The second-order valence-corrected chi connectivity index (χ2v) is 3.19. The molecule has 1 aliphatic rings. The number of hydrogen-bond acceptors (Lipinski definition) is 3. The predicted molar refractivity (Wildman–Crippen MR) is 53.2 cm³/mol. The summed E-state index contributed by atoms with van der Waals surface area (Å²) >= 11 is 0. The van der Waals surface area contributed by atoms with Gasteiger partial charge in [0.2, 0.25) is 0 Å².